The van der Waals surface area contributed by atoms with E-state index < -0.39 is 18.8 Å². The summed E-state index contributed by atoms with van der Waals surface area (Å²) in [5.74, 6) is -0.0547. The van der Waals surface area contributed by atoms with E-state index in [1.165, 1.54) is 24.3 Å². The largest absolute Gasteiger partial charge is 0.449 e. The van der Waals surface area contributed by atoms with Crippen LogP contribution in [0.3, 0.4) is 0 Å². The number of aliphatic hydroxyl groups excluding tert-OH is 1. The summed E-state index contributed by atoms with van der Waals surface area (Å²) in [4.78, 5) is 12.2. The molecule has 0 aliphatic heterocycles. The highest BCUT2D eigenvalue weighted by atomic mass is 19.3. The number of ether oxygens (including phenoxy) is 2. The minimum absolute atomic E-state index is 0.00422. The fraction of sp³-hybridized carbons (Fsp3) is 0.208. The van der Waals surface area contributed by atoms with Gasteiger partial charge in [-0.05, 0) is 39.9 Å². The van der Waals surface area contributed by atoms with Crippen molar-refractivity contribution < 1.29 is 28.2 Å². The van der Waals surface area contributed by atoms with Crippen molar-refractivity contribution in [2.45, 2.75) is 18.6 Å². The minimum atomic E-state index is -2.91. The van der Waals surface area contributed by atoms with Crippen LogP contribution in [-0.4, -0.2) is 31.0 Å². The van der Waals surface area contributed by atoms with Gasteiger partial charge in [0.05, 0.1) is 12.6 Å². The molecule has 7 heteroatoms. The maximum Gasteiger partial charge on any atom is 0.407 e. The predicted octanol–water partition coefficient (Wildman–Crippen LogP) is 4.86. The smallest absolute Gasteiger partial charge is 0.407 e. The Balaban J connectivity index is 1.32. The molecule has 31 heavy (non-hydrogen) atoms. The summed E-state index contributed by atoms with van der Waals surface area (Å²) in [5.41, 5.74) is 4.97. The number of hydrogen-bond donors (Lipinski definition) is 2. The zero-order valence-electron chi connectivity index (χ0n) is 16.5. The van der Waals surface area contributed by atoms with Crippen LogP contribution < -0.4 is 10.1 Å². The summed E-state index contributed by atoms with van der Waals surface area (Å²) in [6.45, 7) is -2.81. The summed E-state index contributed by atoms with van der Waals surface area (Å²) >= 11 is 0. The van der Waals surface area contributed by atoms with Crippen LogP contribution in [0.15, 0.2) is 72.8 Å². The molecule has 0 fully saturated rings. The number of fused-ring (bicyclic) bond motifs is 3. The van der Waals surface area contributed by atoms with Crippen LogP contribution in [0.25, 0.3) is 11.1 Å². The van der Waals surface area contributed by atoms with Crippen LogP contribution in [0.5, 0.6) is 5.75 Å². The molecule has 2 N–H and O–H groups in total. The molecular weight excluding hydrogens is 404 g/mol. The Hall–Kier alpha value is -3.45. The minimum Gasteiger partial charge on any atom is -0.449 e. The van der Waals surface area contributed by atoms with Gasteiger partial charge >= 0.3 is 12.7 Å². The normalized spacial score (nSPS) is 13.4. The molecule has 1 unspecified atom stereocenters. The molecule has 0 aromatic heterocycles. The van der Waals surface area contributed by atoms with E-state index in [1.54, 1.807) is 0 Å². The lowest BCUT2D eigenvalue weighted by atomic mass is 9.98. The molecule has 1 amide bonds. The molecular formula is C24H21F2NO4. The SMILES string of the molecule is O=C(NCC(O)c1ccc(OC(F)F)cc1)OCC1c2ccccc2-c2ccccc21. The second-order valence-corrected chi connectivity index (χ2v) is 7.17. The molecule has 0 saturated heterocycles. The third-order valence-corrected chi connectivity index (χ3v) is 5.27. The van der Waals surface area contributed by atoms with Crippen molar-refractivity contribution >= 4 is 6.09 Å². The van der Waals surface area contributed by atoms with Crippen LogP contribution in [0, 0.1) is 0 Å². The lowest BCUT2D eigenvalue weighted by Gasteiger charge is -2.16. The van der Waals surface area contributed by atoms with Crippen LogP contribution in [0.2, 0.25) is 0 Å². The van der Waals surface area contributed by atoms with Gasteiger partial charge in [-0.1, -0.05) is 60.7 Å². The molecule has 0 saturated carbocycles. The van der Waals surface area contributed by atoms with Crippen molar-refractivity contribution in [1.29, 1.82) is 0 Å². The second-order valence-electron chi connectivity index (χ2n) is 7.17. The Morgan fingerprint density at radius 1 is 0.935 bits per heavy atom. The molecule has 1 aliphatic rings. The highest BCUT2D eigenvalue weighted by Gasteiger charge is 2.29. The zero-order valence-corrected chi connectivity index (χ0v) is 16.5. The number of alkyl halides is 2. The molecule has 160 valence electrons. The predicted molar refractivity (Wildman–Crippen MR) is 111 cm³/mol. The zero-order chi connectivity index (χ0) is 21.8. The van der Waals surface area contributed by atoms with E-state index in [4.69, 9.17) is 4.74 Å². The van der Waals surface area contributed by atoms with Crippen molar-refractivity contribution in [3.8, 4) is 16.9 Å². The van der Waals surface area contributed by atoms with Crippen molar-refractivity contribution in [3.63, 3.8) is 0 Å². The molecule has 3 aromatic carbocycles. The van der Waals surface area contributed by atoms with Gasteiger partial charge in [-0.3, -0.25) is 0 Å². The van der Waals surface area contributed by atoms with Gasteiger partial charge in [0.2, 0.25) is 0 Å². The first-order valence-electron chi connectivity index (χ1n) is 9.84. The highest BCUT2D eigenvalue weighted by Crippen LogP contribution is 2.44. The molecule has 0 radical (unpaired) electrons. The van der Waals surface area contributed by atoms with Gasteiger partial charge < -0.3 is 19.9 Å². The number of rotatable bonds is 7. The lowest BCUT2D eigenvalue weighted by molar-refractivity contribution is -0.0498. The number of halogens is 2. The number of carbonyl (C=O) groups is 1. The van der Waals surface area contributed by atoms with E-state index in [0.717, 1.165) is 22.3 Å². The molecule has 0 heterocycles. The average molecular weight is 425 g/mol. The highest BCUT2D eigenvalue weighted by molar-refractivity contribution is 5.79. The van der Waals surface area contributed by atoms with Crippen molar-refractivity contribution in [2.75, 3.05) is 13.2 Å². The van der Waals surface area contributed by atoms with Crippen LogP contribution in [-0.2, 0) is 4.74 Å². The number of benzene rings is 3. The van der Waals surface area contributed by atoms with E-state index >= 15 is 0 Å². The first kappa shape index (κ1) is 20.8. The molecule has 1 atom stereocenters. The first-order valence-corrected chi connectivity index (χ1v) is 9.84. The number of nitrogens with one attached hydrogen (secondary N) is 1. The van der Waals surface area contributed by atoms with Gasteiger partial charge in [0, 0.05) is 5.92 Å². The third kappa shape index (κ3) is 4.67. The topological polar surface area (TPSA) is 67.8 Å². The standard InChI is InChI=1S/C24H21F2NO4/c25-23(26)31-16-11-9-15(10-12-16)22(28)13-27-24(29)30-14-21-19-7-3-1-5-17(19)18-6-2-4-8-20(18)21/h1-12,21-23,28H,13-14H2,(H,27,29). The van der Waals surface area contributed by atoms with Gasteiger partial charge in [0.15, 0.2) is 0 Å². The fourth-order valence-corrected chi connectivity index (χ4v) is 3.82. The van der Waals surface area contributed by atoms with E-state index in [2.05, 4.69) is 22.2 Å². The Labute approximate surface area is 178 Å². The Bertz CT molecular complexity index is 1010. The first-order chi connectivity index (χ1) is 15.0. The molecule has 1 aliphatic carbocycles. The summed E-state index contributed by atoms with van der Waals surface area (Å²) in [5, 5.41) is 12.8. The number of aliphatic hydroxyl groups is 1. The van der Waals surface area contributed by atoms with E-state index in [9.17, 15) is 18.7 Å². The molecule has 4 rings (SSSR count). The van der Waals surface area contributed by atoms with Crippen molar-refractivity contribution in [2.24, 2.45) is 0 Å². The van der Waals surface area contributed by atoms with E-state index in [1.807, 2.05) is 36.4 Å². The summed E-state index contributed by atoms with van der Waals surface area (Å²) in [7, 11) is 0. The van der Waals surface area contributed by atoms with Gasteiger partial charge in [0.25, 0.3) is 0 Å². The number of carbonyl (C=O) groups excluding carboxylic acids is 1. The van der Waals surface area contributed by atoms with E-state index in [0.29, 0.717) is 5.56 Å². The average Bonchev–Trinajstić information content (AvgIpc) is 3.10. The van der Waals surface area contributed by atoms with Crippen LogP contribution in [0.1, 0.15) is 28.7 Å². The van der Waals surface area contributed by atoms with Gasteiger partial charge in [-0.2, -0.15) is 8.78 Å². The van der Waals surface area contributed by atoms with Gasteiger partial charge in [-0.25, -0.2) is 4.79 Å². The Kier molecular flexibility index (Phi) is 6.13. The third-order valence-electron chi connectivity index (χ3n) is 5.27. The summed E-state index contributed by atoms with van der Waals surface area (Å²) in [6, 6.07) is 21.7. The number of alkyl carbamates (subject to hydrolysis) is 1. The van der Waals surface area contributed by atoms with E-state index in [-0.39, 0.29) is 24.8 Å². The van der Waals surface area contributed by atoms with Gasteiger partial charge in [-0.15, -0.1) is 0 Å². The van der Waals surface area contributed by atoms with Crippen molar-refractivity contribution in [3.05, 3.63) is 89.5 Å². The lowest BCUT2D eigenvalue weighted by Crippen LogP contribution is -2.30. The molecule has 0 spiro atoms. The van der Waals surface area contributed by atoms with Gasteiger partial charge in [0.1, 0.15) is 12.4 Å². The molecule has 5 nitrogen and oxygen atoms in total. The molecule has 3 aromatic rings. The monoisotopic (exact) mass is 425 g/mol. The summed E-state index contributed by atoms with van der Waals surface area (Å²) in [6.07, 6.45) is -1.65. The maximum atomic E-state index is 12.2. The van der Waals surface area contributed by atoms with Crippen molar-refractivity contribution in [1.82, 2.24) is 5.32 Å². The molecule has 0 bridgehead atoms. The second kappa shape index (κ2) is 9.14. The maximum absolute atomic E-state index is 12.2. The quantitative estimate of drug-likeness (QED) is 0.567. The van der Waals surface area contributed by atoms with Crippen LogP contribution in [0.4, 0.5) is 13.6 Å². The number of hydrogen-bond acceptors (Lipinski definition) is 4. The fourth-order valence-electron chi connectivity index (χ4n) is 3.82. The Morgan fingerprint density at radius 2 is 1.52 bits per heavy atom. The number of amides is 1. The Morgan fingerprint density at radius 3 is 2.10 bits per heavy atom. The summed E-state index contributed by atoms with van der Waals surface area (Å²) < 4.78 is 34.1. The van der Waals surface area contributed by atoms with Crippen LogP contribution >= 0.6 is 0 Å².